The summed E-state index contributed by atoms with van der Waals surface area (Å²) in [6.07, 6.45) is 40.7. The molecule has 0 radical (unpaired) electrons. The highest BCUT2D eigenvalue weighted by Crippen LogP contribution is 2.53. The van der Waals surface area contributed by atoms with Gasteiger partial charge in [-0.1, -0.05) is 276 Å². The summed E-state index contributed by atoms with van der Waals surface area (Å²) in [5, 5.41) is 12.3. The molecule has 12 atom stereocenters. The quantitative estimate of drug-likeness (QED) is 0.0259. The number of carbonyl (C=O) groups excluding carboxylic acids is 2. The highest BCUT2D eigenvalue weighted by Gasteiger charge is 2.54. The molecule has 0 unspecified atom stereocenters. The number of phosphoric acid groups is 1. The van der Waals surface area contributed by atoms with Crippen molar-refractivity contribution in [2.24, 2.45) is 0 Å². The Labute approximate surface area is 625 Å². The van der Waals surface area contributed by atoms with Crippen LogP contribution < -0.4 is 0 Å². The zero-order valence-corrected chi connectivity index (χ0v) is 66.5. The van der Waals surface area contributed by atoms with Crippen LogP contribution in [0.3, 0.4) is 0 Å². The van der Waals surface area contributed by atoms with E-state index in [0.717, 1.165) is 116 Å². The Morgan fingerprint density at radius 2 is 0.816 bits per heavy atom. The van der Waals surface area contributed by atoms with Crippen molar-refractivity contribution < 1.29 is 94.4 Å². The third-order valence-corrected chi connectivity index (χ3v) is 20.3. The van der Waals surface area contributed by atoms with Gasteiger partial charge in [-0.3, -0.25) is 13.6 Å². The summed E-state index contributed by atoms with van der Waals surface area (Å²) in [5.74, 6) is 0. The molecule has 21 heteroatoms. The Bertz CT molecular complexity index is 2090. The first kappa shape index (κ1) is 96.0. The van der Waals surface area contributed by atoms with Gasteiger partial charge in [0.15, 0.2) is 18.7 Å². The van der Waals surface area contributed by atoms with Crippen molar-refractivity contribution >= 4 is 20.1 Å². The van der Waals surface area contributed by atoms with E-state index in [9.17, 15) is 19.3 Å². The largest absolute Gasteiger partial charge is 0.509 e. The smallest absolute Gasteiger partial charge is 0.431 e. The summed E-state index contributed by atoms with van der Waals surface area (Å²) in [6.45, 7) is 23.6. The van der Waals surface area contributed by atoms with Gasteiger partial charge < -0.3 is 66.7 Å². The first-order chi connectivity index (χ1) is 50.4. The van der Waals surface area contributed by atoms with Crippen LogP contribution in [-0.2, 0) is 79.7 Å². The third-order valence-electron chi connectivity index (χ3n) is 18.9. The van der Waals surface area contributed by atoms with Gasteiger partial charge in [0.05, 0.1) is 39.1 Å². The number of ether oxygens (including phenoxy) is 13. The zero-order chi connectivity index (χ0) is 74.9. The van der Waals surface area contributed by atoms with Crippen LogP contribution in [0.15, 0.2) is 62.8 Å². The molecule has 2 fully saturated rings. The second-order valence-corrected chi connectivity index (χ2v) is 29.4. The van der Waals surface area contributed by atoms with Crippen LogP contribution in [0.2, 0.25) is 0 Å². The van der Waals surface area contributed by atoms with E-state index in [1.165, 1.54) is 153 Å². The Morgan fingerprint density at radius 3 is 1.30 bits per heavy atom. The van der Waals surface area contributed by atoms with E-state index >= 15 is 0 Å². The predicted molar refractivity (Wildman–Crippen MR) is 410 cm³/mol. The standard InChI is InChI=1S/C82H149O20P/c1-11-19-23-27-30-33-35-36-37-38-39-40-43-46-50-54-64-90-78-76(91-65-57-69(88-10)55-51-47-26-22-14-4)74(102-103(86,96-61-17-7)97-62-18-8)71(67-87-9)100-80(78)95-68-72-73(101-82(85)94-60-16-6)75(89-63-53-49-45-42-34-31-28-24-20-12-2)77(79(83)99-72)92-66-58-70(98-81(84)93-59-15-5)56-52-48-44-41-32-29-25-21-13-3/h15-18,33,35,69-80,83H,5-8,11-14,19-32,34,36-68H2,1-4,9-10H3/b35-33-/t69-,70-,71+,72+,73+,74+,75-,76-,77+,78+,79-,80+/m0/s1. The van der Waals surface area contributed by atoms with E-state index in [4.69, 9.17) is 75.2 Å². The molecule has 2 heterocycles. The molecule has 0 aromatic rings. The molecule has 2 rings (SSSR count). The fourth-order valence-corrected chi connectivity index (χ4v) is 14.3. The summed E-state index contributed by atoms with van der Waals surface area (Å²) in [4.78, 5) is 26.8. The van der Waals surface area contributed by atoms with Crippen LogP contribution in [0.5, 0.6) is 0 Å². The second kappa shape index (κ2) is 67.1. The number of hydrogen-bond donors (Lipinski definition) is 1. The zero-order valence-electron chi connectivity index (χ0n) is 65.6. The van der Waals surface area contributed by atoms with Gasteiger partial charge in [0.2, 0.25) is 0 Å². The van der Waals surface area contributed by atoms with E-state index in [1.54, 1.807) is 7.11 Å². The summed E-state index contributed by atoms with van der Waals surface area (Å²) >= 11 is 0. The molecule has 20 nitrogen and oxygen atoms in total. The Kier molecular flexibility index (Phi) is 62.6. The third kappa shape index (κ3) is 47.5. The molecule has 2 saturated heterocycles. The first-order valence-corrected chi connectivity index (χ1v) is 42.3. The number of unbranched alkanes of at least 4 members (excludes halogenated alkanes) is 33. The number of phosphoric ester groups is 1. The molecule has 602 valence electrons. The van der Waals surface area contributed by atoms with Crippen LogP contribution in [0.1, 0.15) is 297 Å². The van der Waals surface area contributed by atoms with Crippen molar-refractivity contribution in [3.8, 4) is 0 Å². The van der Waals surface area contributed by atoms with Crippen molar-refractivity contribution in [1.29, 1.82) is 0 Å². The number of aliphatic hydroxyl groups is 1. The van der Waals surface area contributed by atoms with Crippen molar-refractivity contribution in [1.82, 2.24) is 0 Å². The number of aliphatic hydroxyl groups excluding tert-OH is 1. The fourth-order valence-electron chi connectivity index (χ4n) is 13.0. The summed E-state index contributed by atoms with van der Waals surface area (Å²) < 4.78 is 115. The number of allylic oxidation sites excluding steroid dienone is 2. The van der Waals surface area contributed by atoms with Gasteiger partial charge in [-0.05, 0) is 64.2 Å². The van der Waals surface area contributed by atoms with E-state index in [1.807, 2.05) is 0 Å². The Balaban J connectivity index is 2.67. The lowest BCUT2D eigenvalue weighted by atomic mass is 9.97. The number of methoxy groups -OCH3 is 2. The van der Waals surface area contributed by atoms with Gasteiger partial charge in [-0.25, -0.2) is 14.2 Å². The summed E-state index contributed by atoms with van der Waals surface area (Å²) in [7, 11) is -1.19. The molecule has 2 aliphatic heterocycles. The topological polar surface area (TPSA) is 219 Å². The average molecular weight is 1490 g/mol. The van der Waals surface area contributed by atoms with Gasteiger partial charge in [-0.2, -0.15) is 0 Å². The van der Waals surface area contributed by atoms with Gasteiger partial charge in [0.25, 0.3) is 0 Å². The molecule has 0 amide bonds. The van der Waals surface area contributed by atoms with Crippen LogP contribution >= 0.6 is 7.82 Å². The highest BCUT2D eigenvalue weighted by molar-refractivity contribution is 7.48. The molecule has 0 aliphatic carbocycles. The molecule has 0 spiro atoms. The van der Waals surface area contributed by atoms with Crippen molar-refractivity contribution in [2.45, 2.75) is 371 Å². The van der Waals surface area contributed by atoms with E-state index in [2.05, 4.69) is 66.2 Å². The van der Waals surface area contributed by atoms with Crippen LogP contribution in [0.25, 0.3) is 0 Å². The lowest BCUT2D eigenvalue weighted by Crippen LogP contribution is -2.64. The Morgan fingerprint density at radius 1 is 0.417 bits per heavy atom. The highest BCUT2D eigenvalue weighted by atomic mass is 31.2. The van der Waals surface area contributed by atoms with Crippen molar-refractivity contribution in [2.75, 3.05) is 80.3 Å². The van der Waals surface area contributed by atoms with Gasteiger partial charge in [0.1, 0.15) is 62.0 Å². The van der Waals surface area contributed by atoms with E-state index < -0.39 is 87.6 Å². The number of rotatable bonds is 73. The monoisotopic (exact) mass is 1490 g/mol. The predicted octanol–water partition coefficient (Wildman–Crippen LogP) is 21.0. The lowest BCUT2D eigenvalue weighted by molar-refractivity contribution is -0.338. The first-order valence-electron chi connectivity index (χ1n) is 40.8. The summed E-state index contributed by atoms with van der Waals surface area (Å²) in [6, 6.07) is 0. The van der Waals surface area contributed by atoms with Crippen molar-refractivity contribution in [3.63, 3.8) is 0 Å². The fraction of sp³-hybridized carbons (Fsp3) is 0.854. The normalized spacial score (nSPS) is 21.3. The lowest BCUT2D eigenvalue weighted by Gasteiger charge is -2.47. The van der Waals surface area contributed by atoms with Crippen molar-refractivity contribution in [3.05, 3.63) is 62.8 Å². The van der Waals surface area contributed by atoms with Gasteiger partial charge in [-0.15, -0.1) is 13.2 Å². The molecule has 0 bridgehead atoms. The molecule has 1 N–H and O–H groups in total. The minimum absolute atomic E-state index is 0.000956. The molecule has 0 aromatic carbocycles. The van der Waals surface area contributed by atoms with Gasteiger partial charge in [0, 0.05) is 40.5 Å². The molecule has 0 aromatic heterocycles. The summed E-state index contributed by atoms with van der Waals surface area (Å²) in [5.41, 5.74) is 0. The average Bonchev–Trinajstić information content (AvgIpc) is 0.781. The molecule has 103 heavy (non-hydrogen) atoms. The number of carbonyl (C=O) groups is 2. The molecule has 2 aliphatic rings. The SMILES string of the molecule is C=CCOC(=O)O[C@@H](CCCCCCCCCCC)CCO[C@@H]1[C@@H](OCCCCCCCCCCCC)[C@H](OC(=O)OCC=C)[C@@H](CO[C@@H]2O[C@H](COC)[C@@H](OP(=O)(OCC=C)OCC=C)[C@H](OCC[C@H](CCCCCCC)OC)[C@H]2OCCCCCCCCCC/C=C\CCCCCC)O[C@@H]1O. The molecule has 0 saturated carbocycles. The van der Waals surface area contributed by atoms with E-state index in [-0.39, 0.29) is 78.6 Å². The van der Waals surface area contributed by atoms with E-state index in [0.29, 0.717) is 25.7 Å². The maximum Gasteiger partial charge on any atom is 0.509 e. The minimum atomic E-state index is -4.42. The second-order valence-electron chi connectivity index (χ2n) is 27.8. The molecular formula is C82H149O20P. The van der Waals surface area contributed by atoms with Crippen LogP contribution in [0, 0.1) is 0 Å². The number of hydrogen-bond acceptors (Lipinski definition) is 20. The van der Waals surface area contributed by atoms with Gasteiger partial charge >= 0.3 is 20.1 Å². The van der Waals surface area contributed by atoms with Crippen LogP contribution in [-0.4, -0.2) is 171 Å². The maximum atomic E-state index is 14.8. The maximum absolute atomic E-state index is 14.8. The van der Waals surface area contributed by atoms with Crippen LogP contribution in [0.4, 0.5) is 9.59 Å². The Hall–Kier alpha value is -3.05. The molecular weight excluding hydrogens is 1340 g/mol. The minimum Gasteiger partial charge on any atom is -0.431 e.